The highest BCUT2D eigenvalue weighted by molar-refractivity contribution is 9.11. The lowest BCUT2D eigenvalue weighted by atomic mass is 10.1. The number of benzene rings is 3. The molecule has 0 bridgehead atoms. The lowest BCUT2D eigenvalue weighted by Gasteiger charge is -2.11. The Morgan fingerprint density at radius 2 is 1.48 bits per heavy atom. The van der Waals surface area contributed by atoms with Gasteiger partial charge in [-0.1, -0.05) is 48.9 Å². The van der Waals surface area contributed by atoms with Crippen molar-refractivity contribution < 1.29 is 4.74 Å². The van der Waals surface area contributed by atoms with Gasteiger partial charge in [0.2, 0.25) is 0 Å². The van der Waals surface area contributed by atoms with Gasteiger partial charge in [-0.05, 0) is 86.2 Å². The molecule has 3 rings (SSSR count). The van der Waals surface area contributed by atoms with Crippen LogP contribution in [0.1, 0.15) is 29.2 Å². The summed E-state index contributed by atoms with van der Waals surface area (Å²) in [7, 11) is 0. The fourth-order valence-corrected chi connectivity index (χ4v) is 4.05. The summed E-state index contributed by atoms with van der Waals surface area (Å²) in [6, 6.07) is 20.7. The quantitative estimate of drug-likeness (QED) is 0.332. The molecule has 0 saturated heterocycles. The van der Waals surface area contributed by atoms with Crippen LogP contribution in [0.5, 0.6) is 5.75 Å². The average Bonchev–Trinajstić information content (AvgIpc) is 2.67. The maximum Gasteiger partial charge on any atom is 0.148 e. The highest BCUT2D eigenvalue weighted by Gasteiger charge is 2.09. The first-order valence-corrected chi connectivity index (χ1v) is 10.4. The summed E-state index contributed by atoms with van der Waals surface area (Å²) >= 11 is 7.22. The van der Waals surface area contributed by atoms with Crippen molar-refractivity contribution in [2.45, 2.75) is 26.9 Å². The van der Waals surface area contributed by atoms with E-state index in [9.17, 15) is 0 Å². The molecule has 0 amide bonds. The molecule has 2 nitrogen and oxygen atoms in total. The number of hydrogen-bond acceptors (Lipinski definition) is 2. The van der Waals surface area contributed by atoms with E-state index in [4.69, 9.17) is 4.74 Å². The van der Waals surface area contributed by atoms with Gasteiger partial charge in [0.1, 0.15) is 12.4 Å². The molecule has 0 radical (unpaired) electrons. The first-order valence-electron chi connectivity index (χ1n) is 8.85. The molecule has 27 heavy (non-hydrogen) atoms. The molecule has 0 saturated carbocycles. The van der Waals surface area contributed by atoms with E-state index < -0.39 is 0 Å². The lowest BCUT2D eigenvalue weighted by molar-refractivity contribution is 0.302. The largest absolute Gasteiger partial charge is 0.487 e. The smallest absolute Gasteiger partial charge is 0.148 e. The van der Waals surface area contributed by atoms with Crippen LogP contribution in [0.25, 0.3) is 0 Å². The van der Waals surface area contributed by atoms with Gasteiger partial charge in [-0.3, -0.25) is 4.99 Å². The summed E-state index contributed by atoms with van der Waals surface area (Å²) in [5.41, 5.74) is 5.64. The van der Waals surface area contributed by atoms with E-state index in [1.54, 1.807) is 0 Å². The normalized spacial score (nSPS) is 11.1. The maximum absolute atomic E-state index is 6.00. The van der Waals surface area contributed by atoms with Crippen LogP contribution in [-0.2, 0) is 13.0 Å². The summed E-state index contributed by atoms with van der Waals surface area (Å²) in [4.78, 5) is 4.56. The minimum absolute atomic E-state index is 0.523. The second-order valence-electron chi connectivity index (χ2n) is 6.37. The Kier molecular flexibility index (Phi) is 6.86. The van der Waals surface area contributed by atoms with Crippen LogP contribution < -0.4 is 4.74 Å². The van der Waals surface area contributed by atoms with E-state index in [0.29, 0.717) is 6.61 Å². The Hall–Kier alpha value is -1.91. The molecular weight excluding hydrogens is 466 g/mol. The van der Waals surface area contributed by atoms with E-state index in [0.717, 1.165) is 37.9 Å². The van der Waals surface area contributed by atoms with E-state index in [2.05, 4.69) is 87.1 Å². The van der Waals surface area contributed by atoms with E-state index in [1.165, 1.54) is 11.1 Å². The number of aliphatic imine (C=N–C) groups is 1. The Morgan fingerprint density at radius 1 is 0.889 bits per heavy atom. The summed E-state index contributed by atoms with van der Waals surface area (Å²) in [5.74, 6) is 0.792. The summed E-state index contributed by atoms with van der Waals surface area (Å²) in [6.45, 7) is 4.75. The van der Waals surface area contributed by atoms with Crippen molar-refractivity contribution in [3.8, 4) is 5.75 Å². The lowest BCUT2D eigenvalue weighted by Crippen LogP contribution is -1.98. The minimum Gasteiger partial charge on any atom is -0.487 e. The van der Waals surface area contributed by atoms with E-state index >= 15 is 0 Å². The van der Waals surface area contributed by atoms with Crippen molar-refractivity contribution in [3.05, 3.63) is 91.9 Å². The summed E-state index contributed by atoms with van der Waals surface area (Å²) < 4.78 is 7.79. The first kappa shape index (κ1) is 19.8. The molecule has 0 aliphatic carbocycles. The zero-order valence-corrected chi connectivity index (χ0v) is 18.5. The van der Waals surface area contributed by atoms with Gasteiger partial charge in [-0.25, -0.2) is 0 Å². The predicted molar refractivity (Wildman–Crippen MR) is 120 cm³/mol. The Bertz CT molecular complexity index is 909. The molecule has 138 valence electrons. The van der Waals surface area contributed by atoms with Gasteiger partial charge in [0.05, 0.1) is 14.6 Å². The van der Waals surface area contributed by atoms with Crippen LogP contribution in [0.2, 0.25) is 0 Å². The van der Waals surface area contributed by atoms with Gasteiger partial charge in [0, 0.05) is 6.21 Å². The van der Waals surface area contributed by atoms with Crippen molar-refractivity contribution in [1.29, 1.82) is 0 Å². The molecule has 0 aliphatic rings. The zero-order chi connectivity index (χ0) is 19.2. The van der Waals surface area contributed by atoms with E-state index in [1.807, 2.05) is 30.5 Å². The van der Waals surface area contributed by atoms with Crippen LogP contribution in [0.4, 0.5) is 5.69 Å². The zero-order valence-electron chi connectivity index (χ0n) is 15.4. The van der Waals surface area contributed by atoms with Crippen LogP contribution in [-0.4, -0.2) is 6.21 Å². The third-order valence-corrected chi connectivity index (χ3v) is 5.41. The van der Waals surface area contributed by atoms with Gasteiger partial charge >= 0.3 is 0 Å². The first-order chi connectivity index (χ1) is 13.0. The van der Waals surface area contributed by atoms with Crippen LogP contribution >= 0.6 is 31.9 Å². The van der Waals surface area contributed by atoms with Crippen molar-refractivity contribution in [1.82, 2.24) is 0 Å². The summed E-state index contributed by atoms with van der Waals surface area (Å²) in [5, 5.41) is 0. The molecule has 0 spiro atoms. The fourth-order valence-electron chi connectivity index (χ4n) is 2.60. The number of halogens is 2. The van der Waals surface area contributed by atoms with Gasteiger partial charge in [0.25, 0.3) is 0 Å². The highest BCUT2D eigenvalue weighted by Crippen LogP contribution is 2.35. The second kappa shape index (κ2) is 9.34. The van der Waals surface area contributed by atoms with Crippen molar-refractivity contribution in [2.75, 3.05) is 0 Å². The minimum atomic E-state index is 0.523. The maximum atomic E-state index is 6.00. The fraction of sp³-hybridized carbons (Fsp3) is 0.174. The Morgan fingerprint density at radius 3 is 2.07 bits per heavy atom. The number of aryl methyl sites for hydroxylation is 2. The Labute approximate surface area is 177 Å². The second-order valence-corrected chi connectivity index (χ2v) is 8.07. The van der Waals surface area contributed by atoms with Gasteiger partial charge < -0.3 is 4.74 Å². The number of ether oxygens (including phenoxy) is 1. The third-order valence-electron chi connectivity index (χ3n) is 4.23. The molecular formula is C23H21Br2NO. The van der Waals surface area contributed by atoms with Crippen LogP contribution in [0, 0.1) is 6.92 Å². The predicted octanol–water partition coefficient (Wildman–Crippen LogP) is 7.41. The average molecular weight is 487 g/mol. The number of rotatable bonds is 6. The van der Waals surface area contributed by atoms with Crippen LogP contribution in [0.15, 0.2) is 74.6 Å². The van der Waals surface area contributed by atoms with Crippen LogP contribution in [0.3, 0.4) is 0 Å². The van der Waals surface area contributed by atoms with Crippen molar-refractivity contribution in [2.24, 2.45) is 4.99 Å². The van der Waals surface area contributed by atoms with Gasteiger partial charge in [-0.15, -0.1) is 0 Å². The number of nitrogens with zero attached hydrogens (tertiary/aromatic N) is 1. The number of hydrogen-bond donors (Lipinski definition) is 0. The molecule has 3 aromatic carbocycles. The molecule has 0 N–H and O–H groups in total. The topological polar surface area (TPSA) is 21.6 Å². The molecule has 4 heteroatoms. The van der Waals surface area contributed by atoms with E-state index in [-0.39, 0.29) is 0 Å². The molecule has 0 heterocycles. The Balaban J connectivity index is 1.71. The standard InChI is InChI=1S/C23H21Br2NO/c1-3-17-8-10-20(11-9-17)26-14-19-12-21(24)23(22(25)13-19)27-15-18-6-4-16(2)5-7-18/h4-14H,3,15H2,1-2H3. The van der Waals surface area contributed by atoms with Gasteiger partial charge in [-0.2, -0.15) is 0 Å². The summed E-state index contributed by atoms with van der Waals surface area (Å²) in [6.07, 6.45) is 2.90. The third kappa shape index (κ3) is 5.53. The molecule has 0 aromatic heterocycles. The molecule has 0 aliphatic heterocycles. The van der Waals surface area contributed by atoms with Crippen molar-refractivity contribution >= 4 is 43.8 Å². The molecule has 3 aromatic rings. The molecule has 0 fully saturated rings. The van der Waals surface area contributed by atoms with Gasteiger partial charge in [0.15, 0.2) is 0 Å². The SMILES string of the molecule is CCc1ccc(N=Cc2cc(Br)c(OCc3ccc(C)cc3)c(Br)c2)cc1. The molecule has 0 atom stereocenters. The highest BCUT2D eigenvalue weighted by atomic mass is 79.9. The molecule has 0 unspecified atom stereocenters. The van der Waals surface area contributed by atoms with Crippen molar-refractivity contribution in [3.63, 3.8) is 0 Å². The monoisotopic (exact) mass is 485 g/mol.